The molecule has 376 valence electrons. The second-order valence-corrected chi connectivity index (χ2v) is 22.5. The molecule has 4 N–H and O–H groups in total. The molecule has 0 radical (unpaired) electrons. The summed E-state index contributed by atoms with van der Waals surface area (Å²) in [4.78, 5) is 24.0. The van der Waals surface area contributed by atoms with Crippen molar-refractivity contribution in [1.29, 1.82) is 0 Å². The minimum atomic E-state index is -1.40. The van der Waals surface area contributed by atoms with Crippen molar-refractivity contribution in [1.82, 2.24) is 0 Å². The summed E-state index contributed by atoms with van der Waals surface area (Å²) in [5.74, 6) is 0.440. The largest absolute Gasteiger partial charge is 0.458 e. The normalized spacial score (nSPS) is 30.7. The maximum Gasteiger partial charge on any atom is 0.303 e. The predicted molar refractivity (Wildman–Crippen MR) is 269 cm³/mol. The van der Waals surface area contributed by atoms with Gasteiger partial charge < -0.3 is 39.4 Å². The Labute approximate surface area is 423 Å². The van der Waals surface area contributed by atoms with Gasteiger partial charge in [0.1, 0.15) is 42.7 Å². The van der Waals surface area contributed by atoms with E-state index in [0.717, 1.165) is 28.7 Å². The number of hydrogen-bond acceptors (Lipinski definition) is 10. The van der Waals surface area contributed by atoms with Gasteiger partial charge in [0, 0.05) is 29.8 Å². The van der Waals surface area contributed by atoms with Crippen molar-refractivity contribution in [3.63, 3.8) is 0 Å². The maximum atomic E-state index is 12.1. The molecule has 2 unspecified atom stereocenters. The van der Waals surface area contributed by atoms with E-state index in [1.54, 1.807) is 12.1 Å². The Morgan fingerprint density at radius 2 is 1.03 bits per heavy atom. The molecule has 4 aliphatic carbocycles. The lowest BCUT2D eigenvalue weighted by Crippen LogP contribution is -2.55. The molecule has 12 heteroatoms. The highest BCUT2D eigenvalue weighted by atomic mass is 35.5. The number of rotatable bonds is 12. The molecule has 10 rings (SSSR count). The van der Waals surface area contributed by atoms with Crippen LogP contribution in [0.2, 0.25) is 10.0 Å². The first-order valence-electron chi connectivity index (χ1n) is 25.6. The SMILES string of the molecule is CC[C@H]1OC(c2ccc(Cl)c(Cc3ccc(C4CC5(CCC5)C4)cc3)c2)[C@H](OC(C)=O)[C@@H](OC(C)=O)[C@@H]1C.OC[C@H]1OC(c2ccc(Cl)c(Cc3ccc(C4CC5(CCC5)C4)cc3)c2)[C@H](O)[C@@H](O)[C@@H]1O. The highest BCUT2D eigenvalue weighted by Crippen LogP contribution is 2.63. The Hall–Kier alpha value is -3.84. The van der Waals surface area contributed by atoms with E-state index in [-0.39, 0.29) is 12.0 Å². The maximum absolute atomic E-state index is 12.1. The van der Waals surface area contributed by atoms with Crippen LogP contribution in [0.15, 0.2) is 84.9 Å². The third-order valence-electron chi connectivity index (χ3n) is 17.0. The molecule has 2 saturated heterocycles. The summed E-state index contributed by atoms with van der Waals surface area (Å²) in [6.07, 6.45) is 7.95. The summed E-state index contributed by atoms with van der Waals surface area (Å²) in [5, 5.41) is 41.3. The average molecular weight is 998 g/mol. The molecule has 2 heterocycles. The molecule has 70 heavy (non-hydrogen) atoms. The number of carbonyl (C=O) groups excluding carboxylic acids is 2. The van der Waals surface area contributed by atoms with Gasteiger partial charge in [-0.3, -0.25) is 9.59 Å². The molecule has 0 amide bonds. The summed E-state index contributed by atoms with van der Waals surface area (Å²) in [5.41, 5.74) is 9.94. The molecule has 2 spiro atoms. The molecule has 4 aromatic rings. The van der Waals surface area contributed by atoms with Crippen LogP contribution < -0.4 is 0 Å². The van der Waals surface area contributed by atoms with Crippen LogP contribution in [0.3, 0.4) is 0 Å². The molecule has 0 aromatic heterocycles. The monoisotopic (exact) mass is 996 g/mol. The molecular weight excluding hydrogens is 928 g/mol. The lowest BCUT2D eigenvalue weighted by atomic mass is 9.51. The summed E-state index contributed by atoms with van der Waals surface area (Å²) < 4.78 is 23.6. The number of hydrogen-bond donors (Lipinski definition) is 4. The van der Waals surface area contributed by atoms with Crippen molar-refractivity contribution in [2.75, 3.05) is 6.61 Å². The van der Waals surface area contributed by atoms with Crippen molar-refractivity contribution in [2.24, 2.45) is 16.7 Å². The number of aliphatic hydroxyl groups is 4. The second-order valence-electron chi connectivity index (χ2n) is 21.7. The van der Waals surface area contributed by atoms with E-state index >= 15 is 0 Å². The molecule has 4 aromatic carbocycles. The van der Waals surface area contributed by atoms with E-state index in [4.69, 9.17) is 42.1 Å². The van der Waals surface area contributed by atoms with Crippen LogP contribution in [0.1, 0.15) is 167 Å². The van der Waals surface area contributed by atoms with Crippen LogP contribution in [0.25, 0.3) is 0 Å². The van der Waals surface area contributed by atoms with Gasteiger partial charge in [0.15, 0.2) is 6.10 Å². The van der Waals surface area contributed by atoms with E-state index in [0.29, 0.717) is 51.1 Å². The van der Waals surface area contributed by atoms with Gasteiger partial charge in [-0.15, -0.1) is 0 Å². The smallest absolute Gasteiger partial charge is 0.303 e. The molecule has 0 bridgehead atoms. The van der Waals surface area contributed by atoms with Crippen molar-refractivity contribution in [3.05, 3.63) is 139 Å². The summed E-state index contributed by atoms with van der Waals surface area (Å²) in [7, 11) is 0. The Balaban J connectivity index is 0.000000176. The Bertz CT molecular complexity index is 2450. The first-order valence-corrected chi connectivity index (χ1v) is 26.4. The minimum Gasteiger partial charge on any atom is -0.458 e. The number of ether oxygens (including phenoxy) is 4. The van der Waals surface area contributed by atoms with E-state index in [2.05, 4.69) is 48.5 Å². The summed E-state index contributed by atoms with van der Waals surface area (Å²) >= 11 is 13.1. The van der Waals surface area contributed by atoms with Gasteiger partial charge in [-0.05, 0) is 150 Å². The van der Waals surface area contributed by atoms with Gasteiger partial charge in [0.2, 0.25) is 0 Å². The second kappa shape index (κ2) is 21.3. The molecule has 6 aliphatic rings. The van der Waals surface area contributed by atoms with Crippen molar-refractivity contribution in [2.45, 2.75) is 178 Å². The molecule has 2 aliphatic heterocycles. The van der Waals surface area contributed by atoms with Gasteiger partial charge >= 0.3 is 11.9 Å². The standard InChI is InChI=1S/C32H39ClO5.C26H31ClO5/c1-5-28-19(2)29(36-20(3)34)31(37-21(4)35)30(38-28)24-11-12-27(33)25(16-24)15-22-7-9-23(10-8-22)26-17-32(18-26)13-6-14-32;27-20-7-6-17(25-24(31)23(30)22(29)21(14-28)32-25)11-18(20)10-15-2-4-16(5-3-15)19-12-26(13-19)8-1-9-26/h7-12,16,19,26,28-31H,5-6,13-15,17-18H2,1-4H3;2-7,11,19,21-25,28-31H,1,8-10,12-14H2/t19-,28-,29+,30?,31-;21-,22-,23+,24-,25?/m11/s1. The fourth-order valence-corrected chi connectivity index (χ4v) is 12.9. The fraction of sp³-hybridized carbons (Fsp3) is 0.552. The van der Waals surface area contributed by atoms with E-state index < -0.39 is 67.4 Å². The number of benzene rings is 4. The lowest BCUT2D eigenvalue weighted by molar-refractivity contribution is -0.231. The number of aliphatic hydroxyl groups excluding tert-OH is 4. The number of esters is 2. The van der Waals surface area contributed by atoms with Crippen LogP contribution in [-0.2, 0) is 41.4 Å². The highest BCUT2D eigenvalue weighted by Gasteiger charge is 2.50. The average Bonchev–Trinajstić information content (AvgIpc) is 3.28. The highest BCUT2D eigenvalue weighted by molar-refractivity contribution is 6.31. The molecule has 4 saturated carbocycles. The quantitative estimate of drug-likeness (QED) is 0.101. The van der Waals surface area contributed by atoms with Gasteiger partial charge in [-0.25, -0.2) is 0 Å². The topological polar surface area (TPSA) is 152 Å². The van der Waals surface area contributed by atoms with Crippen molar-refractivity contribution in [3.8, 4) is 0 Å². The first kappa shape index (κ1) is 51.1. The Morgan fingerprint density at radius 1 is 0.600 bits per heavy atom. The van der Waals surface area contributed by atoms with Gasteiger partial charge in [0.05, 0.1) is 12.7 Å². The first-order chi connectivity index (χ1) is 33.6. The summed E-state index contributed by atoms with van der Waals surface area (Å²) in [6, 6.07) is 29.0. The zero-order valence-electron chi connectivity index (χ0n) is 40.9. The summed E-state index contributed by atoms with van der Waals surface area (Å²) in [6.45, 7) is 6.31. The lowest BCUT2D eigenvalue weighted by Gasteiger charge is -2.54. The van der Waals surface area contributed by atoms with Crippen LogP contribution in [0.5, 0.6) is 0 Å². The predicted octanol–water partition coefficient (Wildman–Crippen LogP) is 10.8. The van der Waals surface area contributed by atoms with Crippen LogP contribution in [0.4, 0.5) is 0 Å². The van der Waals surface area contributed by atoms with E-state index in [9.17, 15) is 30.0 Å². The number of halogens is 2. The molecular formula is C58H70Cl2O10. The van der Waals surface area contributed by atoms with Crippen molar-refractivity contribution < 1.29 is 49.0 Å². The van der Waals surface area contributed by atoms with Gasteiger partial charge in [-0.2, -0.15) is 0 Å². The van der Waals surface area contributed by atoms with Crippen LogP contribution >= 0.6 is 23.2 Å². The van der Waals surface area contributed by atoms with Gasteiger partial charge in [-0.1, -0.05) is 123 Å². The van der Waals surface area contributed by atoms with Crippen LogP contribution in [-0.4, -0.2) is 81.7 Å². The zero-order chi connectivity index (χ0) is 49.5. The fourth-order valence-electron chi connectivity index (χ4n) is 12.6. The van der Waals surface area contributed by atoms with Crippen LogP contribution in [0, 0.1) is 16.7 Å². The third kappa shape index (κ3) is 10.8. The Kier molecular flexibility index (Phi) is 15.6. The third-order valence-corrected chi connectivity index (χ3v) is 17.7. The molecule has 6 fully saturated rings. The van der Waals surface area contributed by atoms with Crippen molar-refractivity contribution >= 4 is 35.1 Å². The minimum absolute atomic E-state index is 0.121. The molecule has 10 nitrogen and oxygen atoms in total. The van der Waals surface area contributed by atoms with E-state index in [1.165, 1.54) is 94.7 Å². The number of carbonyl (C=O) groups is 2. The molecule has 10 atom stereocenters. The Morgan fingerprint density at radius 3 is 1.44 bits per heavy atom. The van der Waals surface area contributed by atoms with Gasteiger partial charge in [0.25, 0.3) is 0 Å². The zero-order valence-corrected chi connectivity index (χ0v) is 42.4. The van der Waals surface area contributed by atoms with E-state index in [1.807, 2.05) is 38.1 Å².